The van der Waals surface area contributed by atoms with Crippen molar-refractivity contribution in [3.8, 4) is 0 Å². The summed E-state index contributed by atoms with van der Waals surface area (Å²) in [5, 5.41) is 8.72. The van der Waals surface area contributed by atoms with E-state index in [1.165, 1.54) is 6.07 Å². The van der Waals surface area contributed by atoms with Crippen LogP contribution in [0.25, 0.3) is 0 Å². The van der Waals surface area contributed by atoms with E-state index in [4.69, 9.17) is 9.52 Å². The van der Waals surface area contributed by atoms with Crippen LogP contribution in [0.5, 0.6) is 0 Å². The lowest BCUT2D eigenvalue weighted by atomic mass is 10.3. The number of aromatic nitrogens is 1. The molecule has 0 aliphatic rings. The van der Waals surface area contributed by atoms with Gasteiger partial charge in [-0.1, -0.05) is 6.07 Å². The Morgan fingerprint density at radius 3 is 2.71 bits per heavy atom. The van der Waals surface area contributed by atoms with Crippen LogP contribution < -0.4 is 17.0 Å². The number of pyridine rings is 1. The van der Waals surface area contributed by atoms with Crippen molar-refractivity contribution in [3.63, 3.8) is 0 Å². The van der Waals surface area contributed by atoms with Gasteiger partial charge in [-0.3, -0.25) is 0 Å². The first kappa shape index (κ1) is 13.3. The van der Waals surface area contributed by atoms with Crippen molar-refractivity contribution in [2.24, 2.45) is 0 Å². The fourth-order valence-corrected chi connectivity index (χ4v) is 1.48. The molecule has 0 atom stereocenters. The van der Waals surface area contributed by atoms with Crippen molar-refractivity contribution < 1.29 is 31.3 Å². The summed E-state index contributed by atoms with van der Waals surface area (Å²) < 4.78 is 7.17. The summed E-state index contributed by atoms with van der Waals surface area (Å²) >= 11 is 0. The van der Waals surface area contributed by atoms with Gasteiger partial charge in [-0.15, -0.1) is 0 Å². The molecule has 0 saturated carbocycles. The first-order chi connectivity index (χ1) is 7.66. The van der Waals surface area contributed by atoms with Crippen LogP contribution in [0.2, 0.25) is 0 Å². The highest BCUT2D eigenvalue weighted by Gasteiger charge is 2.13. The Balaban J connectivity index is 0.00000144. The molecule has 17 heavy (non-hydrogen) atoms. The number of carboxylic acid groups (broad SMARTS) is 1. The number of aryl methyl sites for hydroxylation is 1. The summed E-state index contributed by atoms with van der Waals surface area (Å²) in [5.74, 6) is -0.429. The molecule has 0 amide bonds. The standard InChI is InChI=1S/C12H11NO3.ClH/c1-9-4-2-3-7-13(9)8-10-5-6-11(16-10)12(14)15;/h2-7H,8H2,1H3;1H. The molecule has 0 fully saturated rings. The molecule has 2 aromatic rings. The quantitative estimate of drug-likeness (QED) is 0.687. The molecule has 0 unspecified atom stereocenters. The highest BCUT2D eigenvalue weighted by atomic mass is 35.5. The topological polar surface area (TPSA) is 54.3 Å². The Labute approximate surface area is 105 Å². The van der Waals surface area contributed by atoms with Crippen LogP contribution >= 0.6 is 0 Å². The van der Waals surface area contributed by atoms with E-state index in [9.17, 15) is 4.79 Å². The van der Waals surface area contributed by atoms with Gasteiger partial charge in [0.05, 0.1) is 0 Å². The van der Waals surface area contributed by atoms with Crippen molar-refractivity contribution >= 4 is 5.97 Å². The maximum atomic E-state index is 10.6. The van der Waals surface area contributed by atoms with Crippen LogP contribution in [0.3, 0.4) is 0 Å². The lowest BCUT2D eigenvalue weighted by Crippen LogP contribution is -3.00. The molecule has 2 aromatic heterocycles. The van der Waals surface area contributed by atoms with Crippen molar-refractivity contribution in [1.29, 1.82) is 0 Å². The maximum Gasteiger partial charge on any atom is 0.371 e. The van der Waals surface area contributed by atoms with Crippen LogP contribution in [-0.4, -0.2) is 11.1 Å². The van der Waals surface area contributed by atoms with Gasteiger partial charge in [0, 0.05) is 19.1 Å². The molecule has 2 heterocycles. The van der Waals surface area contributed by atoms with Crippen molar-refractivity contribution in [2.45, 2.75) is 13.5 Å². The monoisotopic (exact) mass is 253 g/mol. The molecular formula is C12H12ClNO3. The summed E-state index contributed by atoms with van der Waals surface area (Å²) in [6.07, 6.45) is 1.93. The molecule has 0 bridgehead atoms. The first-order valence-electron chi connectivity index (χ1n) is 4.94. The third-order valence-corrected chi connectivity index (χ3v) is 2.37. The Hall–Kier alpha value is -1.81. The Morgan fingerprint density at radius 1 is 1.35 bits per heavy atom. The fourth-order valence-electron chi connectivity index (χ4n) is 1.48. The number of carboxylic acids is 1. The second kappa shape index (κ2) is 5.50. The van der Waals surface area contributed by atoms with Crippen molar-refractivity contribution in [2.75, 3.05) is 0 Å². The minimum Gasteiger partial charge on any atom is -1.00 e. The van der Waals surface area contributed by atoms with Crippen LogP contribution in [0.4, 0.5) is 0 Å². The summed E-state index contributed by atoms with van der Waals surface area (Å²) in [6, 6.07) is 9.02. The minimum absolute atomic E-state index is 0. The van der Waals surface area contributed by atoms with E-state index in [-0.39, 0.29) is 18.2 Å². The highest BCUT2D eigenvalue weighted by molar-refractivity contribution is 5.84. The van der Waals surface area contributed by atoms with Gasteiger partial charge >= 0.3 is 5.97 Å². The third-order valence-electron chi connectivity index (χ3n) is 2.37. The van der Waals surface area contributed by atoms with Gasteiger partial charge in [-0.05, 0) is 12.1 Å². The van der Waals surface area contributed by atoms with E-state index >= 15 is 0 Å². The molecule has 0 aliphatic carbocycles. The maximum absolute atomic E-state index is 10.6. The number of carbonyl (C=O) groups is 1. The molecule has 0 aromatic carbocycles. The Kier molecular flexibility index (Phi) is 4.29. The number of furan rings is 1. The van der Waals surface area contributed by atoms with E-state index in [1.54, 1.807) is 6.07 Å². The number of aromatic carboxylic acids is 1. The summed E-state index contributed by atoms with van der Waals surface area (Å²) in [5.41, 5.74) is 1.09. The second-order valence-corrected chi connectivity index (χ2v) is 3.54. The summed E-state index contributed by atoms with van der Waals surface area (Å²) in [6.45, 7) is 2.53. The lowest BCUT2D eigenvalue weighted by molar-refractivity contribution is -0.695. The molecule has 1 N–H and O–H groups in total. The molecule has 4 nitrogen and oxygen atoms in total. The van der Waals surface area contributed by atoms with Gasteiger partial charge in [-0.2, -0.15) is 4.57 Å². The zero-order chi connectivity index (χ0) is 11.5. The lowest BCUT2D eigenvalue weighted by Gasteiger charge is -1.96. The predicted octanol–water partition coefficient (Wildman–Crippen LogP) is -1.37. The van der Waals surface area contributed by atoms with Crippen LogP contribution in [0.15, 0.2) is 40.9 Å². The number of halogens is 1. The molecule has 5 heteroatoms. The van der Waals surface area contributed by atoms with Gasteiger partial charge in [-0.25, -0.2) is 4.79 Å². The normalized spacial score (nSPS) is 9.71. The molecule has 0 radical (unpaired) electrons. The molecule has 90 valence electrons. The molecular weight excluding hydrogens is 242 g/mol. The van der Waals surface area contributed by atoms with Gasteiger partial charge in [0.1, 0.15) is 0 Å². The Bertz CT molecular complexity index is 522. The molecule has 2 rings (SSSR count). The van der Waals surface area contributed by atoms with E-state index < -0.39 is 5.97 Å². The number of nitrogens with zero attached hydrogens (tertiary/aromatic N) is 1. The SMILES string of the molecule is Cc1cccc[n+]1Cc1ccc(C(=O)O)o1.[Cl-]. The smallest absolute Gasteiger partial charge is 0.371 e. The van der Waals surface area contributed by atoms with E-state index in [1.807, 2.05) is 35.9 Å². The average molecular weight is 254 g/mol. The third kappa shape index (κ3) is 3.07. The fraction of sp³-hybridized carbons (Fsp3) is 0.167. The second-order valence-electron chi connectivity index (χ2n) is 3.54. The van der Waals surface area contributed by atoms with Crippen LogP contribution in [-0.2, 0) is 6.54 Å². The van der Waals surface area contributed by atoms with E-state index in [0.29, 0.717) is 12.3 Å². The van der Waals surface area contributed by atoms with Gasteiger partial charge in [0.25, 0.3) is 0 Å². The van der Waals surface area contributed by atoms with Crippen LogP contribution in [0, 0.1) is 6.92 Å². The predicted molar refractivity (Wildman–Crippen MR) is 56.1 cm³/mol. The van der Waals surface area contributed by atoms with Gasteiger partial charge < -0.3 is 21.9 Å². The highest BCUT2D eigenvalue weighted by Crippen LogP contribution is 2.07. The first-order valence-corrected chi connectivity index (χ1v) is 4.94. The molecule has 0 saturated heterocycles. The Morgan fingerprint density at radius 2 is 2.12 bits per heavy atom. The van der Waals surface area contributed by atoms with E-state index in [0.717, 1.165) is 5.69 Å². The van der Waals surface area contributed by atoms with Crippen molar-refractivity contribution in [3.05, 3.63) is 53.7 Å². The minimum atomic E-state index is -1.04. The van der Waals surface area contributed by atoms with Crippen LogP contribution in [0.1, 0.15) is 22.0 Å². The average Bonchev–Trinajstić information content (AvgIpc) is 2.70. The zero-order valence-electron chi connectivity index (χ0n) is 9.26. The van der Waals surface area contributed by atoms with E-state index in [2.05, 4.69) is 0 Å². The molecule has 0 spiro atoms. The summed E-state index contributed by atoms with van der Waals surface area (Å²) in [4.78, 5) is 10.6. The summed E-state index contributed by atoms with van der Waals surface area (Å²) in [7, 11) is 0. The largest absolute Gasteiger partial charge is 1.00 e. The van der Waals surface area contributed by atoms with Gasteiger partial charge in [0.15, 0.2) is 17.7 Å². The number of rotatable bonds is 3. The number of hydrogen-bond donors (Lipinski definition) is 1. The molecule has 0 aliphatic heterocycles. The zero-order valence-corrected chi connectivity index (χ0v) is 10.0. The number of hydrogen-bond acceptors (Lipinski definition) is 2. The van der Waals surface area contributed by atoms with Gasteiger partial charge in [0.2, 0.25) is 12.3 Å². The van der Waals surface area contributed by atoms with Crippen molar-refractivity contribution in [1.82, 2.24) is 0 Å².